The lowest BCUT2D eigenvalue weighted by Crippen LogP contribution is -1.76. The van der Waals surface area contributed by atoms with E-state index in [-0.39, 0.29) is 0 Å². The molecule has 0 saturated carbocycles. The molecule has 1 aliphatic rings. The Kier molecular flexibility index (Phi) is 12.9. The summed E-state index contributed by atoms with van der Waals surface area (Å²) in [4.78, 5) is 0. The van der Waals surface area contributed by atoms with Gasteiger partial charge < -0.3 is 4.74 Å². The number of rotatable bonds is 6. The molecule has 0 aromatic carbocycles. The van der Waals surface area contributed by atoms with Crippen molar-refractivity contribution in [2.75, 3.05) is 13.2 Å². The van der Waals surface area contributed by atoms with Gasteiger partial charge in [-0.3, -0.25) is 0 Å². The number of hydrogen-bond acceptors (Lipinski definition) is 1. The maximum atomic E-state index is 4.94. The van der Waals surface area contributed by atoms with E-state index in [0.29, 0.717) is 0 Å². The van der Waals surface area contributed by atoms with Gasteiger partial charge in [0.25, 0.3) is 0 Å². The first kappa shape index (κ1) is 14.0. The minimum absolute atomic E-state index is 1.00. The van der Waals surface area contributed by atoms with Crippen LogP contribution < -0.4 is 0 Å². The Morgan fingerprint density at radius 3 is 1.93 bits per heavy atom. The van der Waals surface area contributed by atoms with E-state index in [1.807, 2.05) is 0 Å². The molecule has 0 aromatic rings. The molecule has 1 radical (unpaired) electrons. The predicted octanol–water partition coefficient (Wildman–Crippen LogP) is 4.37. The van der Waals surface area contributed by atoms with Crippen molar-refractivity contribution < 1.29 is 4.74 Å². The Morgan fingerprint density at radius 1 is 0.929 bits per heavy atom. The molecule has 1 nitrogen and oxygen atoms in total. The van der Waals surface area contributed by atoms with Gasteiger partial charge in [0.05, 0.1) is 0 Å². The van der Waals surface area contributed by atoms with E-state index >= 15 is 0 Å². The summed E-state index contributed by atoms with van der Waals surface area (Å²) in [6.45, 7) is 8.05. The summed E-state index contributed by atoms with van der Waals surface area (Å²) in [5.41, 5.74) is 0. The summed E-state index contributed by atoms with van der Waals surface area (Å²) < 4.78 is 4.94. The lowest BCUT2D eigenvalue weighted by Gasteiger charge is -1.95. The van der Waals surface area contributed by atoms with Gasteiger partial charge in [-0.1, -0.05) is 58.8 Å². The van der Waals surface area contributed by atoms with Crippen molar-refractivity contribution in [3.63, 3.8) is 0 Å². The summed E-state index contributed by atoms with van der Waals surface area (Å²) in [5, 5.41) is 0. The standard InChI is InChI=1S/C9H19.C4H8O/c1-3-5-7-9-8-6-4-2;1-2-4-5-3-1/h1,3-9H2,2H3;1-4H2. The van der Waals surface area contributed by atoms with Crippen LogP contribution in [0.3, 0.4) is 0 Å². The molecule has 0 N–H and O–H groups in total. The largest absolute Gasteiger partial charge is 0.381 e. The molecule has 14 heavy (non-hydrogen) atoms. The van der Waals surface area contributed by atoms with Crippen LogP contribution in [0.25, 0.3) is 0 Å². The molecule has 0 aromatic heterocycles. The zero-order valence-corrected chi connectivity index (χ0v) is 9.89. The first-order valence-electron chi connectivity index (χ1n) is 6.28. The highest BCUT2D eigenvalue weighted by Gasteiger charge is 1.94. The molecule has 1 aliphatic heterocycles. The lowest BCUT2D eigenvalue weighted by atomic mass is 10.1. The second-order valence-electron chi connectivity index (χ2n) is 3.94. The van der Waals surface area contributed by atoms with Gasteiger partial charge in [-0.05, 0) is 12.8 Å². The van der Waals surface area contributed by atoms with Gasteiger partial charge in [0, 0.05) is 13.2 Å². The van der Waals surface area contributed by atoms with E-state index in [4.69, 9.17) is 4.74 Å². The van der Waals surface area contributed by atoms with E-state index < -0.39 is 0 Å². The summed E-state index contributed by atoms with van der Waals surface area (Å²) >= 11 is 0. The van der Waals surface area contributed by atoms with Crippen LogP contribution in [-0.2, 0) is 4.74 Å². The van der Waals surface area contributed by atoms with E-state index in [1.165, 1.54) is 51.4 Å². The smallest absolute Gasteiger partial charge is 0.0466 e. The molecule has 0 spiro atoms. The first-order valence-corrected chi connectivity index (χ1v) is 6.28. The second-order valence-corrected chi connectivity index (χ2v) is 3.94. The average Bonchev–Trinajstić information content (AvgIpc) is 2.76. The van der Waals surface area contributed by atoms with Crippen LogP contribution in [0.2, 0.25) is 0 Å². The van der Waals surface area contributed by atoms with Crippen LogP contribution in [0.4, 0.5) is 0 Å². The molecule has 0 unspecified atom stereocenters. The Bertz CT molecular complexity index is 73.6. The second kappa shape index (κ2) is 13.0. The minimum Gasteiger partial charge on any atom is -0.381 e. The van der Waals surface area contributed by atoms with Crippen LogP contribution in [0.5, 0.6) is 0 Å². The average molecular weight is 199 g/mol. The van der Waals surface area contributed by atoms with Gasteiger partial charge >= 0.3 is 0 Å². The van der Waals surface area contributed by atoms with Crippen LogP contribution in [0.1, 0.15) is 64.7 Å². The van der Waals surface area contributed by atoms with E-state index in [9.17, 15) is 0 Å². The minimum atomic E-state index is 1.00. The molecule has 0 bridgehead atoms. The maximum absolute atomic E-state index is 4.94. The molecule has 1 heterocycles. The highest BCUT2D eigenvalue weighted by Crippen LogP contribution is 2.05. The third-order valence-electron chi connectivity index (χ3n) is 2.43. The van der Waals surface area contributed by atoms with Crippen molar-refractivity contribution in [1.82, 2.24) is 0 Å². The summed E-state index contributed by atoms with van der Waals surface area (Å²) in [6, 6.07) is 0. The third-order valence-corrected chi connectivity index (χ3v) is 2.43. The Morgan fingerprint density at radius 2 is 1.50 bits per heavy atom. The summed E-state index contributed by atoms with van der Waals surface area (Å²) in [5.74, 6) is 0. The third kappa shape index (κ3) is 12.0. The van der Waals surface area contributed by atoms with Crippen molar-refractivity contribution in [3.8, 4) is 0 Å². The zero-order chi connectivity index (χ0) is 10.5. The molecular weight excluding hydrogens is 172 g/mol. The fourth-order valence-corrected chi connectivity index (χ4v) is 1.47. The summed E-state index contributed by atoms with van der Waals surface area (Å²) in [7, 11) is 0. The van der Waals surface area contributed by atoms with Crippen molar-refractivity contribution in [1.29, 1.82) is 0 Å². The molecule has 0 atom stereocenters. The zero-order valence-electron chi connectivity index (χ0n) is 9.89. The first-order chi connectivity index (χ1) is 6.91. The highest BCUT2D eigenvalue weighted by atomic mass is 16.5. The van der Waals surface area contributed by atoms with Crippen LogP contribution in [0, 0.1) is 6.92 Å². The van der Waals surface area contributed by atoms with Gasteiger partial charge in [0.15, 0.2) is 0 Å². The molecule has 0 aliphatic carbocycles. The van der Waals surface area contributed by atoms with Gasteiger partial charge in [0.2, 0.25) is 0 Å². The predicted molar refractivity (Wildman–Crippen MR) is 63.4 cm³/mol. The monoisotopic (exact) mass is 199 g/mol. The number of unbranched alkanes of at least 4 members (excludes halogenated alkanes) is 6. The van der Waals surface area contributed by atoms with Gasteiger partial charge in [-0.15, -0.1) is 0 Å². The van der Waals surface area contributed by atoms with Crippen molar-refractivity contribution in [2.24, 2.45) is 0 Å². The van der Waals surface area contributed by atoms with Crippen LogP contribution in [-0.4, -0.2) is 13.2 Å². The molecule has 85 valence electrons. The van der Waals surface area contributed by atoms with Crippen molar-refractivity contribution in [3.05, 3.63) is 6.92 Å². The van der Waals surface area contributed by atoms with Gasteiger partial charge in [-0.25, -0.2) is 0 Å². The van der Waals surface area contributed by atoms with E-state index in [2.05, 4.69) is 13.8 Å². The molecular formula is C13H27O. The number of ether oxygens (including phenoxy) is 1. The van der Waals surface area contributed by atoms with Crippen LogP contribution >= 0.6 is 0 Å². The summed E-state index contributed by atoms with van der Waals surface area (Å²) in [6.07, 6.45) is 12.0. The maximum Gasteiger partial charge on any atom is 0.0466 e. The Balaban J connectivity index is 0.000000280. The van der Waals surface area contributed by atoms with E-state index in [0.717, 1.165) is 19.6 Å². The molecule has 0 amide bonds. The molecule has 1 fully saturated rings. The molecule has 1 heteroatoms. The van der Waals surface area contributed by atoms with Crippen LogP contribution in [0.15, 0.2) is 0 Å². The molecule has 1 saturated heterocycles. The normalized spacial score (nSPS) is 15.0. The SMILES string of the molecule is C1CCOC1.[CH2]CCCCCCCC. The quantitative estimate of drug-likeness (QED) is 0.577. The van der Waals surface area contributed by atoms with Crippen molar-refractivity contribution >= 4 is 0 Å². The highest BCUT2D eigenvalue weighted by molar-refractivity contribution is 4.45. The van der Waals surface area contributed by atoms with Gasteiger partial charge in [-0.2, -0.15) is 0 Å². The topological polar surface area (TPSA) is 9.23 Å². The Labute approximate surface area is 90.2 Å². The fraction of sp³-hybridized carbons (Fsp3) is 0.923. The van der Waals surface area contributed by atoms with E-state index in [1.54, 1.807) is 0 Å². The number of hydrogen-bond donors (Lipinski definition) is 0. The van der Waals surface area contributed by atoms with Gasteiger partial charge in [0.1, 0.15) is 0 Å². The fourth-order valence-electron chi connectivity index (χ4n) is 1.47. The Hall–Kier alpha value is -0.0400. The van der Waals surface area contributed by atoms with Crippen molar-refractivity contribution in [2.45, 2.75) is 64.7 Å². The lowest BCUT2D eigenvalue weighted by molar-refractivity contribution is 0.198. The molecule has 1 rings (SSSR count).